The van der Waals surface area contributed by atoms with Gasteiger partial charge in [-0.3, -0.25) is 14.9 Å². The number of nitro benzene ring substituents is 1. The molecule has 146 valence electrons. The van der Waals surface area contributed by atoms with Gasteiger partial charge in [-0.25, -0.2) is 4.79 Å². The Morgan fingerprint density at radius 3 is 2.75 bits per heavy atom. The standard InChI is InChI=1S/C19H18N2O7/c1-11-14(4-3-5-15(11)21(24)25)19(23)28-12(2)18(22)20-9-13-6-7-16-17(8-13)27-10-26-16/h3-8,12H,9-10H2,1-2H3,(H,20,22)/t12-/m1/s1. The molecular formula is C19H18N2O7. The lowest BCUT2D eigenvalue weighted by atomic mass is 10.1. The first-order valence-electron chi connectivity index (χ1n) is 8.48. The molecule has 0 saturated heterocycles. The fraction of sp³-hybridized carbons (Fsp3) is 0.263. The molecule has 2 aromatic carbocycles. The number of fused-ring (bicyclic) bond motifs is 1. The zero-order valence-electron chi connectivity index (χ0n) is 15.3. The monoisotopic (exact) mass is 386 g/mol. The van der Waals surface area contributed by atoms with Crippen molar-refractivity contribution in [3.05, 3.63) is 63.2 Å². The molecule has 1 heterocycles. The molecule has 1 atom stereocenters. The summed E-state index contributed by atoms with van der Waals surface area (Å²) in [6.07, 6.45) is -1.07. The minimum atomic E-state index is -1.07. The Hall–Kier alpha value is -3.62. The van der Waals surface area contributed by atoms with E-state index in [9.17, 15) is 19.7 Å². The number of rotatable bonds is 6. The van der Waals surface area contributed by atoms with Crippen molar-refractivity contribution >= 4 is 17.6 Å². The maximum atomic E-state index is 12.3. The molecule has 3 rings (SSSR count). The average Bonchev–Trinajstić information content (AvgIpc) is 3.13. The summed E-state index contributed by atoms with van der Waals surface area (Å²) >= 11 is 0. The van der Waals surface area contributed by atoms with Gasteiger partial charge in [-0.05, 0) is 37.6 Å². The van der Waals surface area contributed by atoms with Crippen LogP contribution < -0.4 is 14.8 Å². The summed E-state index contributed by atoms with van der Waals surface area (Å²) in [6, 6.07) is 9.41. The third-order valence-corrected chi connectivity index (χ3v) is 4.28. The summed E-state index contributed by atoms with van der Waals surface area (Å²) < 4.78 is 15.7. The Labute approximate surface area is 160 Å². The molecule has 9 nitrogen and oxygen atoms in total. The molecule has 1 amide bonds. The number of hydrogen-bond acceptors (Lipinski definition) is 7. The molecule has 0 spiro atoms. The van der Waals surface area contributed by atoms with Crippen LogP contribution in [0, 0.1) is 17.0 Å². The summed E-state index contributed by atoms with van der Waals surface area (Å²) in [7, 11) is 0. The molecule has 0 unspecified atom stereocenters. The van der Waals surface area contributed by atoms with Crippen LogP contribution in [0.4, 0.5) is 5.69 Å². The highest BCUT2D eigenvalue weighted by atomic mass is 16.7. The molecule has 1 aliphatic rings. The normalized spacial score (nSPS) is 12.9. The van der Waals surface area contributed by atoms with Gasteiger partial charge >= 0.3 is 5.97 Å². The molecule has 1 aliphatic heterocycles. The number of carbonyl (C=O) groups excluding carboxylic acids is 2. The first-order chi connectivity index (χ1) is 13.4. The second kappa shape index (κ2) is 7.95. The predicted molar refractivity (Wildman–Crippen MR) is 97.1 cm³/mol. The van der Waals surface area contributed by atoms with E-state index in [2.05, 4.69) is 5.32 Å². The van der Waals surface area contributed by atoms with Gasteiger partial charge in [0.2, 0.25) is 6.79 Å². The SMILES string of the molecule is Cc1c(C(=O)O[C@H](C)C(=O)NCc2ccc3c(c2)OCO3)cccc1[N+](=O)[O-]. The third kappa shape index (κ3) is 4.03. The third-order valence-electron chi connectivity index (χ3n) is 4.28. The summed E-state index contributed by atoms with van der Waals surface area (Å²) in [5, 5.41) is 13.7. The Kier molecular flexibility index (Phi) is 5.44. The fourth-order valence-corrected chi connectivity index (χ4v) is 2.70. The van der Waals surface area contributed by atoms with E-state index in [-0.39, 0.29) is 30.2 Å². The maximum absolute atomic E-state index is 12.3. The molecule has 28 heavy (non-hydrogen) atoms. The van der Waals surface area contributed by atoms with Crippen LogP contribution in [0.15, 0.2) is 36.4 Å². The van der Waals surface area contributed by atoms with Crippen LogP contribution in [0.2, 0.25) is 0 Å². The first kappa shape index (κ1) is 19.2. The van der Waals surface area contributed by atoms with Crippen molar-refractivity contribution in [1.82, 2.24) is 5.32 Å². The van der Waals surface area contributed by atoms with Crippen molar-refractivity contribution in [2.24, 2.45) is 0 Å². The Morgan fingerprint density at radius 1 is 1.25 bits per heavy atom. The summed E-state index contributed by atoms with van der Waals surface area (Å²) in [4.78, 5) is 34.9. The largest absolute Gasteiger partial charge is 0.454 e. The number of ether oxygens (including phenoxy) is 3. The molecule has 0 fully saturated rings. The van der Waals surface area contributed by atoms with E-state index in [1.165, 1.54) is 32.0 Å². The number of benzene rings is 2. The zero-order chi connectivity index (χ0) is 20.3. The van der Waals surface area contributed by atoms with E-state index in [0.717, 1.165) is 5.56 Å². The lowest BCUT2D eigenvalue weighted by Crippen LogP contribution is -2.35. The maximum Gasteiger partial charge on any atom is 0.339 e. The second-order valence-corrected chi connectivity index (χ2v) is 6.16. The van der Waals surface area contributed by atoms with Crippen molar-refractivity contribution in [2.45, 2.75) is 26.5 Å². The number of nitro groups is 1. The van der Waals surface area contributed by atoms with Crippen LogP contribution >= 0.6 is 0 Å². The average molecular weight is 386 g/mol. The highest BCUT2D eigenvalue weighted by molar-refractivity contribution is 5.94. The van der Waals surface area contributed by atoms with Gasteiger partial charge in [-0.1, -0.05) is 12.1 Å². The molecule has 0 aromatic heterocycles. The smallest absolute Gasteiger partial charge is 0.339 e. The van der Waals surface area contributed by atoms with Crippen LogP contribution in [-0.4, -0.2) is 29.7 Å². The van der Waals surface area contributed by atoms with Crippen LogP contribution in [-0.2, 0) is 16.1 Å². The minimum absolute atomic E-state index is 0.0459. The second-order valence-electron chi connectivity index (χ2n) is 6.16. The number of nitrogens with one attached hydrogen (secondary N) is 1. The number of amides is 1. The molecule has 0 aliphatic carbocycles. The van der Waals surface area contributed by atoms with Gasteiger partial charge in [0.1, 0.15) is 0 Å². The van der Waals surface area contributed by atoms with Crippen molar-refractivity contribution in [2.75, 3.05) is 6.79 Å². The van der Waals surface area contributed by atoms with Gasteiger partial charge in [0, 0.05) is 18.2 Å². The van der Waals surface area contributed by atoms with Crippen molar-refractivity contribution in [3.63, 3.8) is 0 Å². The summed E-state index contributed by atoms with van der Waals surface area (Å²) in [6.45, 7) is 3.26. The number of nitrogens with zero attached hydrogens (tertiary/aromatic N) is 1. The quantitative estimate of drug-likeness (QED) is 0.460. The van der Waals surface area contributed by atoms with E-state index in [4.69, 9.17) is 14.2 Å². The summed E-state index contributed by atoms with van der Waals surface area (Å²) in [5.74, 6) is -0.0434. The van der Waals surface area contributed by atoms with Crippen molar-refractivity contribution in [3.8, 4) is 11.5 Å². The van der Waals surface area contributed by atoms with Crippen molar-refractivity contribution < 1.29 is 28.7 Å². The van der Waals surface area contributed by atoms with Gasteiger partial charge in [0.15, 0.2) is 17.6 Å². The lowest BCUT2D eigenvalue weighted by molar-refractivity contribution is -0.385. The van der Waals surface area contributed by atoms with Crippen LogP contribution in [0.25, 0.3) is 0 Å². The van der Waals surface area contributed by atoms with Crippen LogP contribution in [0.1, 0.15) is 28.4 Å². The highest BCUT2D eigenvalue weighted by Crippen LogP contribution is 2.32. The van der Waals surface area contributed by atoms with Crippen LogP contribution in [0.5, 0.6) is 11.5 Å². The van der Waals surface area contributed by atoms with Gasteiger partial charge in [-0.2, -0.15) is 0 Å². The lowest BCUT2D eigenvalue weighted by Gasteiger charge is -2.14. The Morgan fingerprint density at radius 2 is 2.00 bits per heavy atom. The topological polar surface area (TPSA) is 117 Å². The molecule has 0 radical (unpaired) electrons. The van der Waals surface area contributed by atoms with E-state index in [1.807, 2.05) is 0 Å². The molecule has 0 bridgehead atoms. The number of carbonyl (C=O) groups is 2. The summed E-state index contributed by atoms with van der Waals surface area (Å²) in [5.41, 5.74) is 0.843. The highest BCUT2D eigenvalue weighted by Gasteiger charge is 2.23. The molecule has 9 heteroatoms. The molecular weight excluding hydrogens is 368 g/mol. The zero-order valence-corrected chi connectivity index (χ0v) is 15.3. The molecule has 1 N–H and O–H groups in total. The van der Waals surface area contributed by atoms with Gasteiger partial charge in [-0.15, -0.1) is 0 Å². The molecule has 0 saturated carbocycles. The first-order valence-corrected chi connectivity index (χ1v) is 8.48. The van der Waals surface area contributed by atoms with Gasteiger partial charge in [0.25, 0.3) is 11.6 Å². The fourth-order valence-electron chi connectivity index (χ4n) is 2.70. The van der Waals surface area contributed by atoms with Crippen LogP contribution in [0.3, 0.4) is 0 Å². The minimum Gasteiger partial charge on any atom is -0.454 e. The predicted octanol–water partition coefficient (Wildman–Crippen LogP) is 2.49. The van der Waals surface area contributed by atoms with Gasteiger partial charge < -0.3 is 19.5 Å². The molecule has 2 aromatic rings. The number of hydrogen-bond donors (Lipinski definition) is 1. The van der Waals surface area contributed by atoms with Crippen molar-refractivity contribution in [1.29, 1.82) is 0 Å². The Bertz CT molecular complexity index is 942. The van der Waals surface area contributed by atoms with Gasteiger partial charge in [0.05, 0.1) is 10.5 Å². The van der Waals surface area contributed by atoms with E-state index >= 15 is 0 Å². The number of esters is 1. The van der Waals surface area contributed by atoms with E-state index in [0.29, 0.717) is 11.5 Å². The van der Waals surface area contributed by atoms with E-state index < -0.39 is 22.9 Å². The van der Waals surface area contributed by atoms with E-state index in [1.54, 1.807) is 18.2 Å². The Balaban J connectivity index is 1.59.